The van der Waals surface area contributed by atoms with Crippen molar-refractivity contribution in [2.75, 3.05) is 12.3 Å². The molecule has 4 atom stereocenters. The molecule has 1 aliphatic heterocycles. The third-order valence-electron chi connectivity index (χ3n) is 4.76. The number of nitrogens with zero attached hydrogens (tertiary/aromatic N) is 1. The van der Waals surface area contributed by atoms with Crippen molar-refractivity contribution in [2.24, 2.45) is 23.1 Å². The lowest BCUT2D eigenvalue weighted by molar-refractivity contribution is -0.141. The first-order valence-electron chi connectivity index (χ1n) is 9.83. The van der Waals surface area contributed by atoms with Crippen LogP contribution >= 0.6 is 12.6 Å². The van der Waals surface area contributed by atoms with Crippen LogP contribution < -0.4 is 27.8 Å². The van der Waals surface area contributed by atoms with Crippen molar-refractivity contribution in [3.8, 4) is 0 Å². The minimum absolute atomic E-state index is 0.0318. The second-order valence-corrected chi connectivity index (χ2v) is 8.17. The highest BCUT2D eigenvalue weighted by atomic mass is 32.1. The molecule has 170 valence electrons. The van der Waals surface area contributed by atoms with Crippen molar-refractivity contribution in [1.82, 2.24) is 15.5 Å². The SMILES string of the molecule is CC(C)C[C@H](NC(=O)[C@@H]1CCCN1C(=O)[C@H](CS)NC(=O)[C@@H](N)CC(N)=O)C(N)=O. The summed E-state index contributed by atoms with van der Waals surface area (Å²) in [6.07, 6.45) is 1.02. The first-order valence-corrected chi connectivity index (χ1v) is 10.5. The van der Waals surface area contributed by atoms with Gasteiger partial charge < -0.3 is 32.7 Å². The summed E-state index contributed by atoms with van der Waals surface area (Å²) in [7, 11) is 0. The van der Waals surface area contributed by atoms with Crippen LogP contribution in [0.3, 0.4) is 0 Å². The summed E-state index contributed by atoms with van der Waals surface area (Å²) in [4.78, 5) is 61.7. The molecule has 5 amide bonds. The minimum atomic E-state index is -1.19. The molecule has 1 rings (SSSR count). The summed E-state index contributed by atoms with van der Waals surface area (Å²) in [6.45, 7) is 4.11. The Morgan fingerprint density at radius 3 is 2.23 bits per heavy atom. The van der Waals surface area contributed by atoms with E-state index in [2.05, 4.69) is 23.3 Å². The van der Waals surface area contributed by atoms with E-state index >= 15 is 0 Å². The van der Waals surface area contributed by atoms with E-state index in [1.54, 1.807) is 0 Å². The van der Waals surface area contributed by atoms with Gasteiger partial charge in [0.25, 0.3) is 0 Å². The second kappa shape index (κ2) is 11.7. The number of hydrogen-bond acceptors (Lipinski definition) is 7. The summed E-state index contributed by atoms with van der Waals surface area (Å²) >= 11 is 4.11. The summed E-state index contributed by atoms with van der Waals surface area (Å²) in [5.41, 5.74) is 16.0. The maximum Gasteiger partial charge on any atom is 0.246 e. The first kappa shape index (κ1) is 25.7. The van der Waals surface area contributed by atoms with Gasteiger partial charge in [-0.3, -0.25) is 24.0 Å². The Morgan fingerprint density at radius 1 is 1.10 bits per heavy atom. The van der Waals surface area contributed by atoms with Crippen LogP contribution in [0, 0.1) is 5.92 Å². The summed E-state index contributed by atoms with van der Waals surface area (Å²) in [6, 6.07) is -3.84. The lowest BCUT2D eigenvalue weighted by Crippen LogP contribution is -2.58. The third kappa shape index (κ3) is 7.48. The highest BCUT2D eigenvalue weighted by Crippen LogP contribution is 2.19. The molecule has 0 bridgehead atoms. The van der Waals surface area contributed by atoms with E-state index in [1.165, 1.54) is 4.90 Å². The van der Waals surface area contributed by atoms with Crippen LogP contribution in [0.1, 0.15) is 39.5 Å². The van der Waals surface area contributed by atoms with Crippen LogP contribution in [0.25, 0.3) is 0 Å². The molecule has 0 unspecified atom stereocenters. The highest BCUT2D eigenvalue weighted by Gasteiger charge is 2.38. The fraction of sp³-hybridized carbons (Fsp3) is 0.722. The number of likely N-dealkylation sites (tertiary alicyclic amines) is 1. The Hall–Kier alpha value is -2.34. The average Bonchev–Trinajstić information content (AvgIpc) is 3.13. The lowest BCUT2D eigenvalue weighted by atomic mass is 10.0. The molecule has 12 heteroatoms. The predicted molar refractivity (Wildman–Crippen MR) is 113 cm³/mol. The molecule has 1 fully saturated rings. The van der Waals surface area contributed by atoms with Gasteiger partial charge in [0.2, 0.25) is 29.5 Å². The Balaban J connectivity index is 2.83. The second-order valence-electron chi connectivity index (χ2n) is 7.80. The fourth-order valence-corrected chi connectivity index (χ4v) is 3.51. The van der Waals surface area contributed by atoms with Gasteiger partial charge in [-0.15, -0.1) is 0 Å². The largest absolute Gasteiger partial charge is 0.370 e. The molecule has 30 heavy (non-hydrogen) atoms. The number of nitrogens with two attached hydrogens (primary N) is 3. The number of rotatable bonds is 11. The number of carbonyl (C=O) groups is 5. The topological polar surface area (TPSA) is 191 Å². The Labute approximate surface area is 181 Å². The Morgan fingerprint density at radius 2 is 1.73 bits per heavy atom. The molecule has 0 aromatic heterocycles. The summed E-state index contributed by atoms with van der Waals surface area (Å²) in [5.74, 6) is -2.97. The molecule has 1 aliphatic rings. The number of nitrogens with one attached hydrogen (secondary N) is 2. The molecule has 1 heterocycles. The van der Waals surface area contributed by atoms with Crippen molar-refractivity contribution < 1.29 is 24.0 Å². The molecule has 0 aliphatic carbocycles. The number of carbonyl (C=O) groups excluding carboxylic acids is 5. The van der Waals surface area contributed by atoms with Gasteiger partial charge in [-0.25, -0.2) is 0 Å². The van der Waals surface area contributed by atoms with Crippen LogP contribution in [-0.2, 0) is 24.0 Å². The zero-order valence-electron chi connectivity index (χ0n) is 17.3. The van der Waals surface area contributed by atoms with Gasteiger partial charge in [-0.1, -0.05) is 13.8 Å². The first-order chi connectivity index (χ1) is 14.0. The van der Waals surface area contributed by atoms with Gasteiger partial charge in [-0.2, -0.15) is 12.6 Å². The van der Waals surface area contributed by atoms with E-state index in [9.17, 15) is 24.0 Å². The quantitative estimate of drug-likeness (QED) is 0.193. The van der Waals surface area contributed by atoms with Crippen molar-refractivity contribution in [1.29, 1.82) is 0 Å². The maximum atomic E-state index is 12.9. The van der Waals surface area contributed by atoms with E-state index in [4.69, 9.17) is 17.2 Å². The van der Waals surface area contributed by atoms with Crippen LogP contribution in [0.2, 0.25) is 0 Å². The molecular formula is C18H32N6O5S. The maximum absolute atomic E-state index is 12.9. The Bertz CT molecular complexity index is 673. The standard InChI is InChI=1S/C18H32N6O5S/c1-9(2)6-11(15(21)26)22-17(28)13-4-3-5-24(13)18(29)12(8-30)23-16(27)10(19)7-14(20)25/h9-13,30H,3-8,19H2,1-2H3,(H2,20,25)(H2,21,26)(H,22,28)(H,23,27)/t10-,11-,12-,13-/m0/s1. The lowest BCUT2D eigenvalue weighted by Gasteiger charge is -2.29. The molecule has 1 saturated heterocycles. The zero-order valence-corrected chi connectivity index (χ0v) is 18.2. The van der Waals surface area contributed by atoms with Gasteiger partial charge in [-0.05, 0) is 25.2 Å². The Kier molecular flexibility index (Phi) is 10.1. The minimum Gasteiger partial charge on any atom is -0.370 e. The van der Waals surface area contributed by atoms with E-state index in [0.717, 1.165) is 0 Å². The molecular weight excluding hydrogens is 412 g/mol. The van der Waals surface area contributed by atoms with Crippen LogP contribution in [0.4, 0.5) is 0 Å². The van der Waals surface area contributed by atoms with E-state index in [0.29, 0.717) is 25.8 Å². The zero-order chi connectivity index (χ0) is 23.0. The number of hydrogen-bond donors (Lipinski definition) is 6. The van der Waals surface area contributed by atoms with E-state index < -0.39 is 53.7 Å². The smallest absolute Gasteiger partial charge is 0.246 e. The summed E-state index contributed by atoms with van der Waals surface area (Å²) < 4.78 is 0. The number of amides is 5. The molecule has 8 N–H and O–H groups in total. The molecule has 0 aromatic carbocycles. The third-order valence-corrected chi connectivity index (χ3v) is 5.13. The van der Waals surface area contributed by atoms with Crippen LogP contribution in [0.15, 0.2) is 0 Å². The van der Waals surface area contributed by atoms with E-state index in [-0.39, 0.29) is 18.1 Å². The van der Waals surface area contributed by atoms with Crippen LogP contribution in [-0.4, -0.2) is 70.9 Å². The fourth-order valence-electron chi connectivity index (χ4n) is 3.26. The summed E-state index contributed by atoms with van der Waals surface area (Å²) in [5, 5.41) is 5.07. The van der Waals surface area contributed by atoms with Gasteiger partial charge >= 0.3 is 0 Å². The molecule has 0 radical (unpaired) electrons. The average molecular weight is 445 g/mol. The van der Waals surface area contributed by atoms with Crippen molar-refractivity contribution >= 4 is 42.2 Å². The molecule has 11 nitrogen and oxygen atoms in total. The van der Waals surface area contributed by atoms with Gasteiger partial charge in [0.15, 0.2) is 0 Å². The van der Waals surface area contributed by atoms with Gasteiger partial charge in [0.05, 0.1) is 12.5 Å². The normalized spacial score (nSPS) is 19.1. The predicted octanol–water partition coefficient (Wildman–Crippen LogP) is -2.39. The van der Waals surface area contributed by atoms with Crippen molar-refractivity contribution in [3.63, 3.8) is 0 Å². The highest BCUT2D eigenvalue weighted by molar-refractivity contribution is 7.80. The van der Waals surface area contributed by atoms with E-state index in [1.807, 2.05) is 13.8 Å². The van der Waals surface area contributed by atoms with Crippen LogP contribution in [0.5, 0.6) is 0 Å². The molecule has 0 saturated carbocycles. The van der Waals surface area contributed by atoms with Gasteiger partial charge in [0, 0.05) is 12.3 Å². The van der Waals surface area contributed by atoms with Gasteiger partial charge in [0.1, 0.15) is 18.1 Å². The molecule has 0 aromatic rings. The molecule has 0 spiro atoms. The number of thiol groups is 1. The monoisotopic (exact) mass is 444 g/mol. The van der Waals surface area contributed by atoms with Crippen molar-refractivity contribution in [3.05, 3.63) is 0 Å². The number of primary amides is 2. The van der Waals surface area contributed by atoms with Crippen molar-refractivity contribution in [2.45, 2.75) is 63.7 Å².